The van der Waals surface area contributed by atoms with E-state index in [1.165, 1.54) is 0 Å². The van der Waals surface area contributed by atoms with E-state index in [1.54, 1.807) is 7.11 Å². The van der Waals surface area contributed by atoms with Gasteiger partial charge in [0.15, 0.2) is 0 Å². The van der Waals surface area contributed by atoms with Crippen LogP contribution in [0.1, 0.15) is 19.3 Å². The minimum Gasteiger partial charge on any atom is -0.464 e. The number of esters is 1. The predicted molar refractivity (Wildman–Crippen MR) is 66.3 cm³/mol. The molecule has 2 aliphatic heterocycles. The molecule has 3 unspecified atom stereocenters. The maximum absolute atomic E-state index is 11.9. The van der Waals surface area contributed by atoms with Gasteiger partial charge >= 0.3 is 5.97 Å². The molecular formula is C13H23NO4. The van der Waals surface area contributed by atoms with Crippen LogP contribution in [0.5, 0.6) is 0 Å². The lowest BCUT2D eigenvalue weighted by atomic mass is 9.89. The normalized spacial score (nSPS) is 30.1. The summed E-state index contributed by atoms with van der Waals surface area (Å²) in [6.07, 6.45) is 3.39. The molecule has 0 N–H and O–H groups in total. The molecule has 0 spiro atoms. The van der Waals surface area contributed by atoms with Crippen LogP contribution >= 0.6 is 0 Å². The highest BCUT2D eigenvalue weighted by atomic mass is 16.5. The SMILES string of the molecule is COCCN(C)CCOC(=O)C1CC2CCC1O2. The Kier molecular flexibility index (Phi) is 4.97. The first kappa shape index (κ1) is 13.8. The number of fused-ring (bicyclic) bond motifs is 2. The highest BCUT2D eigenvalue weighted by molar-refractivity contribution is 5.73. The van der Waals surface area contributed by atoms with Gasteiger partial charge in [0.25, 0.3) is 0 Å². The molecule has 2 heterocycles. The van der Waals surface area contributed by atoms with Crippen molar-refractivity contribution in [1.29, 1.82) is 0 Å². The molecule has 5 heteroatoms. The molecule has 3 atom stereocenters. The van der Waals surface area contributed by atoms with Crippen molar-refractivity contribution in [3.8, 4) is 0 Å². The summed E-state index contributed by atoms with van der Waals surface area (Å²) in [6, 6.07) is 0. The fourth-order valence-electron chi connectivity index (χ4n) is 2.65. The van der Waals surface area contributed by atoms with Crippen molar-refractivity contribution in [1.82, 2.24) is 4.90 Å². The number of carbonyl (C=O) groups excluding carboxylic acids is 1. The molecule has 2 bridgehead atoms. The van der Waals surface area contributed by atoms with Gasteiger partial charge in [-0.25, -0.2) is 0 Å². The van der Waals surface area contributed by atoms with Crippen molar-refractivity contribution in [3.63, 3.8) is 0 Å². The summed E-state index contributed by atoms with van der Waals surface area (Å²) in [7, 11) is 3.68. The number of likely N-dealkylation sites (N-methyl/N-ethyl adjacent to an activating group) is 1. The van der Waals surface area contributed by atoms with Crippen LogP contribution in [0.25, 0.3) is 0 Å². The zero-order valence-corrected chi connectivity index (χ0v) is 11.3. The van der Waals surface area contributed by atoms with Crippen LogP contribution in [-0.4, -0.2) is 63.5 Å². The van der Waals surface area contributed by atoms with Gasteiger partial charge in [0, 0.05) is 20.2 Å². The molecule has 2 rings (SSSR count). The van der Waals surface area contributed by atoms with E-state index in [9.17, 15) is 4.79 Å². The number of ether oxygens (including phenoxy) is 3. The van der Waals surface area contributed by atoms with Crippen LogP contribution in [0, 0.1) is 5.92 Å². The summed E-state index contributed by atoms with van der Waals surface area (Å²) >= 11 is 0. The van der Waals surface area contributed by atoms with Gasteiger partial charge in [0.2, 0.25) is 0 Å². The highest BCUT2D eigenvalue weighted by Crippen LogP contribution is 2.39. The second-order valence-corrected chi connectivity index (χ2v) is 5.18. The van der Waals surface area contributed by atoms with Gasteiger partial charge in [0.1, 0.15) is 6.61 Å². The van der Waals surface area contributed by atoms with Crippen LogP contribution in [-0.2, 0) is 19.0 Å². The minimum absolute atomic E-state index is 0.0203. The molecule has 5 nitrogen and oxygen atoms in total. The number of hydrogen-bond acceptors (Lipinski definition) is 5. The third-order valence-corrected chi connectivity index (χ3v) is 3.80. The molecule has 2 fully saturated rings. The van der Waals surface area contributed by atoms with E-state index in [1.807, 2.05) is 7.05 Å². The van der Waals surface area contributed by atoms with Gasteiger partial charge in [-0.2, -0.15) is 0 Å². The standard InChI is InChI=1S/C13H23NO4/c1-14(5-7-16-2)6-8-17-13(15)11-9-10-3-4-12(11)18-10/h10-12H,3-9H2,1-2H3. The maximum Gasteiger partial charge on any atom is 0.311 e. The van der Waals surface area contributed by atoms with E-state index in [0.717, 1.165) is 32.4 Å². The second kappa shape index (κ2) is 6.50. The molecule has 0 aromatic carbocycles. The first-order chi connectivity index (χ1) is 8.70. The van der Waals surface area contributed by atoms with E-state index in [-0.39, 0.29) is 18.0 Å². The van der Waals surface area contributed by atoms with Crippen LogP contribution in [0.3, 0.4) is 0 Å². The Morgan fingerprint density at radius 3 is 2.72 bits per heavy atom. The number of nitrogens with zero attached hydrogens (tertiary/aromatic N) is 1. The Morgan fingerprint density at radius 2 is 2.11 bits per heavy atom. The quantitative estimate of drug-likeness (QED) is 0.628. The molecule has 2 saturated heterocycles. The second-order valence-electron chi connectivity index (χ2n) is 5.18. The summed E-state index contributed by atoms with van der Waals surface area (Å²) < 4.78 is 16.0. The maximum atomic E-state index is 11.9. The summed E-state index contributed by atoms with van der Waals surface area (Å²) in [6.45, 7) is 2.75. The number of hydrogen-bond donors (Lipinski definition) is 0. The predicted octanol–water partition coefficient (Wildman–Crippen LogP) is 0.675. The minimum atomic E-state index is -0.0812. The molecule has 104 valence electrons. The van der Waals surface area contributed by atoms with Gasteiger partial charge < -0.3 is 19.1 Å². The molecule has 0 aliphatic carbocycles. The lowest BCUT2D eigenvalue weighted by Gasteiger charge is -2.19. The summed E-state index contributed by atoms with van der Waals surface area (Å²) in [5.41, 5.74) is 0. The molecule has 2 aliphatic rings. The van der Waals surface area contributed by atoms with Crippen molar-refractivity contribution < 1.29 is 19.0 Å². The Morgan fingerprint density at radius 1 is 1.33 bits per heavy atom. The molecule has 18 heavy (non-hydrogen) atoms. The molecule has 0 aromatic rings. The van der Waals surface area contributed by atoms with E-state index >= 15 is 0 Å². The third kappa shape index (κ3) is 3.43. The third-order valence-electron chi connectivity index (χ3n) is 3.80. The highest BCUT2D eigenvalue weighted by Gasteiger charge is 2.45. The first-order valence-corrected chi connectivity index (χ1v) is 6.70. The largest absolute Gasteiger partial charge is 0.464 e. The summed E-state index contributed by atoms with van der Waals surface area (Å²) in [4.78, 5) is 14.0. The number of methoxy groups -OCH3 is 1. The average molecular weight is 257 g/mol. The zero-order chi connectivity index (χ0) is 13.0. The molecule has 0 radical (unpaired) electrons. The first-order valence-electron chi connectivity index (χ1n) is 6.70. The van der Waals surface area contributed by atoms with Crippen LogP contribution in [0.4, 0.5) is 0 Å². The van der Waals surface area contributed by atoms with Gasteiger partial charge in [-0.3, -0.25) is 4.79 Å². The van der Waals surface area contributed by atoms with Crippen LogP contribution in [0.2, 0.25) is 0 Å². The van der Waals surface area contributed by atoms with Gasteiger partial charge in [-0.05, 0) is 26.3 Å². The van der Waals surface area contributed by atoms with Gasteiger partial charge in [-0.15, -0.1) is 0 Å². The topological polar surface area (TPSA) is 48.0 Å². The van der Waals surface area contributed by atoms with Gasteiger partial charge in [0.05, 0.1) is 24.7 Å². The van der Waals surface area contributed by atoms with E-state index in [2.05, 4.69) is 4.90 Å². The van der Waals surface area contributed by atoms with E-state index in [0.29, 0.717) is 19.3 Å². The summed E-state index contributed by atoms with van der Waals surface area (Å²) in [5.74, 6) is -0.102. The number of rotatable bonds is 7. The smallest absolute Gasteiger partial charge is 0.311 e. The van der Waals surface area contributed by atoms with Crippen molar-refractivity contribution in [2.45, 2.75) is 31.5 Å². The fourth-order valence-corrected chi connectivity index (χ4v) is 2.65. The monoisotopic (exact) mass is 257 g/mol. The lowest BCUT2D eigenvalue weighted by Crippen LogP contribution is -2.31. The molecule has 0 amide bonds. The Hall–Kier alpha value is -0.650. The number of carbonyl (C=O) groups is 1. The van der Waals surface area contributed by atoms with E-state index < -0.39 is 0 Å². The zero-order valence-electron chi connectivity index (χ0n) is 11.3. The van der Waals surface area contributed by atoms with Crippen LogP contribution in [0.15, 0.2) is 0 Å². The van der Waals surface area contributed by atoms with Gasteiger partial charge in [-0.1, -0.05) is 0 Å². The Labute approximate surface area is 108 Å². The van der Waals surface area contributed by atoms with Crippen molar-refractivity contribution in [2.24, 2.45) is 5.92 Å². The Balaban J connectivity index is 1.60. The fraction of sp³-hybridized carbons (Fsp3) is 0.923. The molecular weight excluding hydrogens is 234 g/mol. The average Bonchev–Trinajstić information content (AvgIpc) is 2.98. The molecule has 0 aromatic heterocycles. The van der Waals surface area contributed by atoms with Crippen molar-refractivity contribution in [3.05, 3.63) is 0 Å². The Bertz CT molecular complexity index is 284. The van der Waals surface area contributed by atoms with Crippen molar-refractivity contribution >= 4 is 5.97 Å². The van der Waals surface area contributed by atoms with E-state index in [4.69, 9.17) is 14.2 Å². The van der Waals surface area contributed by atoms with Crippen molar-refractivity contribution in [2.75, 3.05) is 40.5 Å². The van der Waals surface area contributed by atoms with Crippen LogP contribution < -0.4 is 0 Å². The lowest BCUT2D eigenvalue weighted by molar-refractivity contribution is -0.150. The summed E-state index contributed by atoms with van der Waals surface area (Å²) in [5, 5.41) is 0. The molecule has 0 saturated carbocycles.